The highest BCUT2D eigenvalue weighted by Crippen LogP contribution is 2.27. The number of nitrogens with zero attached hydrogens (tertiary/aromatic N) is 3. The first-order valence-electron chi connectivity index (χ1n) is 7.85. The summed E-state index contributed by atoms with van der Waals surface area (Å²) in [5.74, 6) is 0.388. The molecule has 23 heavy (non-hydrogen) atoms. The summed E-state index contributed by atoms with van der Waals surface area (Å²) in [5.41, 5.74) is 9.77. The van der Waals surface area contributed by atoms with Crippen LogP contribution >= 0.6 is 11.6 Å². The van der Waals surface area contributed by atoms with E-state index in [2.05, 4.69) is 38.6 Å². The van der Waals surface area contributed by atoms with Gasteiger partial charge in [0.05, 0.1) is 16.9 Å². The zero-order valence-electron chi connectivity index (χ0n) is 12.8. The fraction of sp³-hybridized carbons (Fsp3) is 0.278. The van der Waals surface area contributed by atoms with Gasteiger partial charge in [-0.3, -0.25) is 4.90 Å². The molecule has 5 heteroatoms. The second kappa shape index (κ2) is 5.96. The van der Waals surface area contributed by atoms with Crippen molar-refractivity contribution in [1.29, 1.82) is 0 Å². The average Bonchev–Trinajstić information content (AvgIpc) is 3.12. The third-order valence-corrected chi connectivity index (χ3v) is 4.82. The van der Waals surface area contributed by atoms with Crippen LogP contribution in [-0.4, -0.2) is 33.4 Å². The van der Waals surface area contributed by atoms with Gasteiger partial charge in [-0.25, -0.2) is 4.98 Å². The first kappa shape index (κ1) is 14.7. The van der Waals surface area contributed by atoms with Crippen LogP contribution in [0.5, 0.6) is 0 Å². The van der Waals surface area contributed by atoms with Crippen molar-refractivity contribution in [2.45, 2.75) is 18.5 Å². The Kier molecular flexibility index (Phi) is 3.81. The molecule has 3 aromatic rings. The smallest absolute Gasteiger partial charge is 0.137 e. The zero-order valence-corrected chi connectivity index (χ0v) is 13.5. The summed E-state index contributed by atoms with van der Waals surface area (Å²) in [6.07, 6.45) is 3.84. The van der Waals surface area contributed by atoms with E-state index in [-0.39, 0.29) is 6.04 Å². The maximum atomic E-state index is 6.38. The number of benzene rings is 1. The fourth-order valence-electron chi connectivity index (χ4n) is 3.45. The zero-order chi connectivity index (χ0) is 15.8. The molecule has 0 saturated carbocycles. The molecule has 4 nitrogen and oxygen atoms in total. The number of halogens is 1. The number of imidazole rings is 1. The first-order valence-corrected chi connectivity index (χ1v) is 8.23. The van der Waals surface area contributed by atoms with Crippen molar-refractivity contribution >= 4 is 17.2 Å². The van der Waals surface area contributed by atoms with Crippen LogP contribution in [0.4, 0.5) is 0 Å². The van der Waals surface area contributed by atoms with Gasteiger partial charge in [0.2, 0.25) is 0 Å². The number of rotatable bonds is 3. The topological polar surface area (TPSA) is 46.6 Å². The molecule has 0 bridgehead atoms. The van der Waals surface area contributed by atoms with Crippen LogP contribution in [0.25, 0.3) is 5.65 Å². The predicted octanol–water partition coefficient (Wildman–Crippen LogP) is 2.91. The van der Waals surface area contributed by atoms with Gasteiger partial charge in [-0.1, -0.05) is 41.9 Å². The minimum Gasteiger partial charge on any atom is -0.326 e. The van der Waals surface area contributed by atoms with Crippen LogP contribution < -0.4 is 5.73 Å². The highest BCUT2D eigenvalue weighted by molar-refractivity contribution is 6.30. The van der Waals surface area contributed by atoms with Crippen molar-refractivity contribution in [3.63, 3.8) is 0 Å². The molecule has 0 aliphatic carbocycles. The molecule has 1 fully saturated rings. The Morgan fingerprint density at radius 2 is 1.96 bits per heavy atom. The van der Waals surface area contributed by atoms with Crippen LogP contribution in [-0.2, 0) is 6.54 Å². The maximum Gasteiger partial charge on any atom is 0.137 e. The van der Waals surface area contributed by atoms with Crippen molar-refractivity contribution in [3.8, 4) is 0 Å². The molecule has 2 aromatic heterocycles. The quantitative estimate of drug-likeness (QED) is 0.805. The van der Waals surface area contributed by atoms with Crippen molar-refractivity contribution in [1.82, 2.24) is 14.3 Å². The minimum absolute atomic E-state index is 0.167. The minimum atomic E-state index is 0.167. The summed E-state index contributed by atoms with van der Waals surface area (Å²) in [7, 11) is 0. The van der Waals surface area contributed by atoms with Gasteiger partial charge in [-0.2, -0.15) is 0 Å². The SMILES string of the molecule is N[C@@H]1CN(Cc2cnc3ccc(Cl)cn23)C[C@H]1c1ccccc1. The Labute approximate surface area is 140 Å². The van der Waals surface area contributed by atoms with Gasteiger partial charge in [-0.05, 0) is 17.7 Å². The molecule has 118 valence electrons. The summed E-state index contributed by atoms with van der Waals surface area (Å²) in [6.45, 7) is 2.70. The summed E-state index contributed by atoms with van der Waals surface area (Å²) in [4.78, 5) is 6.84. The Morgan fingerprint density at radius 1 is 1.13 bits per heavy atom. The van der Waals surface area contributed by atoms with Gasteiger partial charge in [0, 0.05) is 37.8 Å². The standard InChI is InChI=1S/C18H19ClN4/c19-14-6-7-18-21-8-15(23(18)9-14)10-22-11-16(17(20)12-22)13-4-2-1-3-5-13/h1-9,16-17H,10-12,20H2/t16-,17+/m0/s1. The molecule has 3 heterocycles. The lowest BCUT2D eigenvalue weighted by Gasteiger charge is -2.16. The molecule has 1 aliphatic rings. The Balaban J connectivity index is 1.54. The molecule has 0 amide bonds. The molecule has 1 saturated heterocycles. The predicted molar refractivity (Wildman–Crippen MR) is 92.6 cm³/mol. The number of fused-ring (bicyclic) bond motifs is 1. The van der Waals surface area contributed by atoms with E-state index < -0.39 is 0 Å². The third-order valence-electron chi connectivity index (χ3n) is 4.60. The van der Waals surface area contributed by atoms with Crippen LogP contribution in [0.1, 0.15) is 17.2 Å². The number of aromatic nitrogens is 2. The average molecular weight is 327 g/mol. The molecular formula is C18H19ClN4. The van der Waals surface area contributed by atoms with E-state index in [0.29, 0.717) is 5.92 Å². The second-order valence-corrected chi connectivity index (χ2v) is 6.64. The van der Waals surface area contributed by atoms with E-state index in [4.69, 9.17) is 17.3 Å². The number of likely N-dealkylation sites (tertiary alicyclic amines) is 1. The largest absolute Gasteiger partial charge is 0.326 e. The van der Waals surface area contributed by atoms with Gasteiger partial charge in [0.1, 0.15) is 5.65 Å². The number of nitrogens with two attached hydrogens (primary N) is 1. The molecule has 0 spiro atoms. The van der Waals surface area contributed by atoms with Crippen molar-refractivity contribution < 1.29 is 0 Å². The summed E-state index contributed by atoms with van der Waals surface area (Å²) < 4.78 is 2.06. The molecular weight excluding hydrogens is 308 g/mol. The third kappa shape index (κ3) is 2.85. The lowest BCUT2D eigenvalue weighted by atomic mass is 9.95. The summed E-state index contributed by atoms with van der Waals surface area (Å²) in [6, 6.07) is 14.5. The van der Waals surface area contributed by atoms with Crippen molar-refractivity contribution in [2.24, 2.45) is 5.73 Å². The lowest BCUT2D eigenvalue weighted by Crippen LogP contribution is -2.28. The van der Waals surface area contributed by atoms with Crippen LogP contribution in [0.2, 0.25) is 5.02 Å². The summed E-state index contributed by atoms with van der Waals surface area (Å²) >= 11 is 6.11. The Morgan fingerprint density at radius 3 is 2.78 bits per heavy atom. The normalized spacial score (nSPS) is 22.0. The lowest BCUT2D eigenvalue weighted by molar-refractivity contribution is 0.319. The maximum absolute atomic E-state index is 6.38. The van der Waals surface area contributed by atoms with E-state index in [1.54, 1.807) is 0 Å². The highest BCUT2D eigenvalue weighted by atomic mass is 35.5. The van der Waals surface area contributed by atoms with E-state index in [1.807, 2.05) is 30.6 Å². The van der Waals surface area contributed by atoms with Gasteiger partial charge in [-0.15, -0.1) is 0 Å². The second-order valence-electron chi connectivity index (χ2n) is 6.20. The van der Waals surface area contributed by atoms with Gasteiger partial charge in [0.15, 0.2) is 0 Å². The molecule has 2 N–H and O–H groups in total. The van der Waals surface area contributed by atoms with E-state index in [0.717, 1.165) is 36.0 Å². The van der Waals surface area contributed by atoms with Crippen LogP contribution in [0.15, 0.2) is 54.9 Å². The molecule has 2 atom stereocenters. The van der Waals surface area contributed by atoms with Crippen LogP contribution in [0, 0.1) is 0 Å². The molecule has 4 rings (SSSR count). The van der Waals surface area contributed by atoms with E-state index in [1.165, 1.54) is 5.56 Å². The van der Waals surface area contributed by atoms with E-state index >= 15 is 0 Å². The first-order chi connectivity index (χ1) is 11.2. The Hall–Kier alpha value is -1.88. The molecule has 1 aromatic carbocycles. The number of hydrogen-bond acceptors (Lipinski definition) is 3. The highest BCUT2D eigenvalue weighted by Gasteiger charge is 2.31. The van der Waals surface area contributed by atoms with Crippen molar-refractivity contribution in [2.75, 3.05) is 13.1 Å². The van der Waals surface area contributed by atoms with Gasteiger partial charge < -0.3 is 10.1 Å². The molecule has 0 radical (unpaired) electrons. The fourth-order valence-corrected chi connectivity index (χ4v) is 3.61. The van der Waals surface area contributed by atoms with Gasteiger partial charge in [0.25, 0.3) is 0 Å². The number of hydrogen-bond donors (Lipinski definition) is 1. The van der Waals surface area contributed by atoms with E-state index in [9.17, 15) is 0 Å². The van der Waals surface area contributed by atoms with Crippen molar-refractivity contribution in [3.05, 3.63) is 71.1 Å². The van der Waals surface area contributed by atoms with Crippen LogP contribution in [0.3, 0.4) is 0 Å². The summed E-state index contributed by atoms with van der Waals surface area (Å²) in [5, 5.41) is 0.719. The monoisotopic (exact) mass is 326 g/mol. The Bertz CT molecular complexity index is 814. The molecule has 1 aliphatic heterocycles. The molecule has 0 unspecified atom stereocenters. The number of pyridine rings is 1. The van der Waals surface area contributed by atoms with Gasteiger partial charge >= 0.3 is 0 Å².